The summed E-state index contributed by atoms with van der Waals surface area (Å²) in [6, 6.07) is 0. The Morgan fingerprint density at radius 2 is 1.81 bits per heavy atom. The van der Waals surface area contributed by atoms with Crippen molar-refractivity contribution >= 4 is 16.0 Å². The van der Waals surface area contributed by atoms with Gasteiger partial charge in [0.15, 0.2) is 5.96 Å². The maximum Gasteiger partial charge on any atom is 0.211 e. The zero-order valence-corrected chi connectivity index (χ0v) is 14.4. The second kappa shape index (κ2) is 11.8. The van der Waals surface area contributed by atoms with Crippen LogP contribution in [0.4, 0.5) is 0 Å². The van der Waals surface area contributed by atoms with Crippen molar-refractivity contribution in [3.8, 4) is 0 Å². The summed E-state index contributed by atoms with van der Waals surface area (Å²) in [7, 11) is -1.46. The summed E-state index contributed by atoms with van der Waals surface area (Å²) in [5.74, 6) is 1.38. The van der Waals surface area contributed by atoms with Gasteiger partial charge in [-0.05, 0) is 19.3 Å². The molecule has 0 saturated carbocycles. The lowest BCUT2D eigenvalue weighted by Gasteiger charge is -2.12. The molecule has 0 aliphatic carbocycles. The van der Waals surface area contributed by atoms with Crippen molar-refractivity contribution in [1.82, 2.24) is 15.4 Å². The Bertz CT molecular complexity index is 383. The van der Waals surface area contributed by atoms with Crippen LogP contribution in [0, 0.1) is 5.92 Å². The van der Waals surface area contributed by atoms with Crippen LogP contribution >= 0.6 is 0 Å². The molecule has 8 heteroatoms. The standard InChI is InChI=1S/C13H30N4O3S/c1-5-21(18,19)17-8-7-15-13(14-4)16-9-11-20-10-6-12(2)3/h12,17H,5-11H2,1-4H3,(H2,14,15,16). The van der Waals surface area contributed by atoms with Crippen LogP contribution in [0.25, 0.3) is 0 Å². The number of nitrogens with zero attached hydrogens (tertiary/aromatic N) is 1. The molecular formula is C13H30N4O3S. The third kappa shape index (κ3) is 12.6. The highest BCUT2D eigenvalue weighted by molar-refractivity contribution is 7.89. The van der Waals surface area contributed by atoms with Crippen molar-refractivity contribution in [1.29, 1.82) is 0 Å². The SMILES string of the molecule is CCS(=O)(=O)NCCNC(=NC)NCCOCCC(C)C. The lowest BCUT2D eigenvalue weighted by molar-refractivity contribution is 0.128. The molecule has 0 aliphatic rings. The molecule has 0 radical (unpaired) electrons. The minimum Gasteiger partial charge on any atom is -0.380 e. The number of nitrogens with one attached hydrogen (secondary N) is 3. The van der Waals surface area contributed by atoms with Crippen molar-refractivity contribution in [3.05, 3.63) is 0 Å². The normalized spacial score (nSPS) is 12.7. The molecule has 0 heterocycles. The topological polar surface area (TPSA) is 91.8 Å². The zero-order valence-electron chi connectivity index (χ0n) is 13.6. The highest BCUT2D eigenvalue weighted by Gasteiger charge is 2.04. The van der Waals surface area contributed by atoms with Gasteiger partial charge in [0.2, 0.25) is 10.0 Å². The fraction of sp³-hybridized carbons (Fsp3) is 0.923. The summed E-state index contributed by atoms with van der Waals surface area (Å²) in [5, 5.41) is 6.14. The van der Waals surface area contributed by atoms with E-state index in [-0.39, 0.29) is 5.75 Å². The first-order valence-electron chi connectivity index (χ1n) is 7.41. The predicted octanol–water partition coefficient (Wildman–Crippen LogP) is 0.153. The number of hydrogen-bond donors (Lipinski definition) is 3. The lowest BCUT2D eigenvalue weighted by atomic mass is 10.1. The highest BCUT2D eigenvalue weighted by Crippen LogP contribution is 1.98. The molecule has 0 fully saturated rings. The van der Waals surface area contributed by atoms with Crippen molar-refractivity contribution in [3.63, 3.8) is 0 Å². The number of aliphatic imine (C=N–C) groups is 1. The molecule has 0 amide bonds. The Balaban J connectivity index is 3.64. The van der Waals surface area contributed by atoms with Gasteiger partial charge in [0.05, 0.1) is 12.4 Å². The van der Waals surface area contributed by atoms with Gasteiger partial charge in [-0.2, -0.15) is 0 Å². The summed E-state index contributed by atoms with van der Waals surface area (Å²) in [5.41, 5.74) is 0. The van der Waals surface area contributed by atoms with Gasteiger partial charge in [0, 0.05) is 33.3 Å². The zero-order chi connectivity index (χ0) is 16.1. The van der Waals surface area contributed by atoms with Gasteiger partial charge in [-0.1, -0.05) is 13.8 Å². The van der Waals surface area contributed by atoms with E-state index >= 15 is 0 Å². The van der Waals surface area contributed by atoms with Crippen LogP contribution < -0.4 is 15.4 Å². The summed E-state index contributed by atoms with van der Waals surface area (Å²) in [4.78, 5) is 4.05. The molecule has 0 saturated heterocycles. The van der Waals surface area contributed by atoms with Gasteiger partial charge in [-0.3, -0.25) is 4.99 Å². The van der Waals surface area contributed by atoms with Gasteiger partial charge in [-0.25, -0.2) is 13.1 Å². The molecule has 0 aliphatic heterocycles. The Hall–Kier alpha value is -0.860. The fourth-order valence-corrected chi connectivity index (χ4v) is 1.99. The number of rotatable bonds is 11. The number of ether oxygens (including phenoxy) is 1. The van der Waals surface area contributed by atoms with Crippen LogP contribution in [0.2, 0.25) is 0 Å². The van der Waals surface area contributed by atoms with Crippen LogP contribution in [0.5, 0.6) is 0 Å². The number of sulfonamides is 1. The molecule has 0 aromatic carbocycles. The molecule has 21 heavy (non-hydrogen) atoms. The van der Waals surface area contributed by atoms with E-state index in [1.807, 2.05) is 0 Å². The number of hydrogen-bond acceptors (Lipinski definition) is 4. The molecule has 0 aromatic heterocycles. The molecule has 0 aromatic rings. The van der Waals surface area contributed by atoms with E-state index < -0.39 is 10.0 Å². The molecule has 0 atom stereocenters. The van der Waals surface area contributed by atoms with Crippen LogP contribution in [0.3, 0.4) is 0 Å². The van der Waals surface area contributed by atoms with Crippen LogP contribution in [-0.2, 0) is 14.8 Å². The third-order valence-corrected chi connectivity index (χ3v) is 4.13. The van der Waals surface area contributed by atoms with E-state index in [9.17, 15) is 8.42 Å². The summed E-state index contributed by atoms with van der Waals surface area (Å²) in [6.07, 6.45) is 1.06. The Labute approximate surface area is 129 Å². The van der Waals surface area contributed by atoms with Crippen LogP contribution in [0.15, 0.2) is 4.99 Å². The molecule has 0 spiro atoms. The van der Waals surface area contributed by atoms with E-state index in [0.717, 1.165) is 13.0 Å². The molecule has 7 nitrogen and oxygen atoms in total. The van der Waals surface area contributed by atoms with Gasteiger partial charge in [0.25, 0.3) is 0 Å². The van der Waals surface area contributed by atoms with Crippen molar-refractivity contribution in [2.24, 2.45) is 10.9 Å². The number of guanidine groups is 1. The van der Waals surface area contributed by atoms with Gasteiger partial charge in [0.1, 0.15) is 0 Å². The maximum atomic E-state index is 11.2. The van der Waals surface area contributed by atoms with E-state index in [0.29, 0.717) is 38.1 Å². The quantitative estimate of drug-likeness (QED) is 0.286. The fourth-order valence-electron chi connectivity index (χ4n) is 1.37. The highest BCUT2D eigenvalue weighted by atomic mass is 32.2. The molecule has 126 valence electrons. The Morgan fingerprint density at radius 1 is 1.14 bits per heavy atom. The van der Waals surface area contributed by atoms with E-state index in [4.69, 9.17) is 4.74 Å². The average molecular weight is 322 g/mol. The third-order valence-electron chi connectivity index (χ3n) is 2.72. The molecule has 0 rings (SSSR count). The minimum atomic E-state index is -3.13. The molecule has 0 unspecified atom stereocenters. The summed E-state index contributed by atoms with van der Waals surface area (Å²) < 4.78 is 30.4. The summed E-state index contributed by atoms with van der Waals surface area (Å²) in [6.45, 7) is 8.81. The minimum absolute atomic E-state index is 0.0910. The van der Waals surface area contributed by atoms with Gasteiger partial charge >= 0.3 is 0 Å². The molecule has 0 bridgehead atoms. The Kier molecular flexibility index (Phi) is 11.3. The van der Waals surface area contributed by atoms with Crippen LogP contribution in [-0.4, -0.2) is 60.0 Å². The van der Waals surface area contributed by atoms with E-state index in [1.54, 1.807) is 14.0 Å². The second-order valence-electron chi connectivity index (χ2n) is 5.02. The van der Waals surface area contributed by atoms with Crippen molar-refractivity contribution in [2.45, 2.75) is 27.2 Å². The smallest absolute Gasteiger partial charge is 0.211 e. The molecule has 3 N–H and O–H groups in total. The van der Waals surface area contributed by atoms with Crippen molar-refractivity contribution < 1.29 is 13.2 Å². The maximum absolute atomic E-state index is 11.2. The van der Waals surface area contributed by atoms with E-state index in [2.05, 4.69) is 34.2 Å². The van der Waals surface area contributed by atoms with Gasteiger partial charge in [-0.15, -0.1) is 0 Å². The first-order valence-corrected chi connectivity index (χ1v) is 9.06. The Morgan fingerprint density at radius 3 is 2.38 bits per heavy atom. The lowest BCUT2D eigenvalue weighted by Crippen LogP contribution is -2.42. The first-order chi connectivity index (χ1) is 9.91. The second-order valence-corrected chi connectivity index (χ2v) is 7.11. The predicted molar refractivity (Wildman–Crippen MR) is 87.1 cm³/mol. The largest absolute Gasteiger partial charge is 0.380 e. The summed E-state index contributed by atoms with van der Waals surface area (Å²) >= 11 is 0. The van der Waals surface area contributed by atoms with Crippen LogP contribution in [0.1, 0.15) is 27.2 Å². The molecular weight excluding hydrogens is 292 g/mol. The van der Waals surface area contributed by atoms with Crippen molar-refractivity contribution in [2.75, 3.05) is 45.6 Å². The van der Waals surface area contributed by atoms with E-state index in [1.165, 1.54) is 0 Å². The van der Waals surface area contributed by atoms with Gasteiger partial charge < -0.3 is 15.4 Å². The first kappa shape index (κ1) is 20.1. The monoisotopic (exact) mass is 322 g/mol. The average Bonchev–Trinajstić information content (AvgIpc) is 2.44.